The minimum absolute atomic E-state index is 0.0191. The predicted octanol–water partition coefficient (Wildman–Crippen LogP) is 2.62. The molecule has 0 bridgehead atoms. The molecule has 0 atom stereocenters. The lowest BCUT2D eigenvalue weighted by atomic mass is 9.94. The second-order valence-electron chi connectivity index (χ2n) is 5.05. The molecule has 1 aromatic rings. The molecule has 1 aromatic heterocycles. The van der Waals surface area contributed by atoms with Gasteiger partial charge in [-0.05, 0) is 25.0 Å². The molecule has 1 saturated carbocycles. The number of carbonyl (C=O) groups is 2. The summed E-state index contributed by atoms with van der Waals surface area (Å²) in [4.78, 5) is 28.2. The fourth-order valence-corrected chi connectivity index (χ4v) is 2.55. The van der Waals surface area contributed by atoms with Crippen LogP contribution in [0.5, 0.6) is 0 Å². The SMILES string of the molecule is CC(=O)c1ccc(C(=O)N(C)C2CCCCC2)[nH]1. The summed E-state index contributed by atoms with van der Waals surface area (Å²) < 4.78 is 0. The molecule has 2 rings (SSSR count). The third-order valence-corrected chi connectivity index (χ3v) is 3.74. The van der Waals surface area contributed by atoms with Crippen molar-refractivity contribution in [2.75, 3.05) is 7.05 Å². The number of aromatic nitrogens is 1. The fourth-order valence-electron chi connectivity index (χ4n) is 2.55. The second kappa shape index (κ2) is 5.38. The van der Waals surface area contributed by atoms with E-state index in [0.29, 0.717) is 17.4 Å². The van der Waals surface area contributed by atoms with Crippen molar-refractivity contribution in [3.8, 4) is 0 Å². The van der Waals surface area contributed by atoms with Crippen LogP contribution in [0, 0.1) is 0 Å². The first-order valence-electron chi connectivity index (χ1n) is 6.56. The number of hydrogen-bond acceptors (Lipinski definition) is 2. The van der Waals surface area contributed by atoms with Crippen LogP contribution in [0.1, 0.15) is 60.0 Å². The van der Waals surface area contributed by atoms with E-state index in [-0.39, 0.29) is 11.7 Å². The zero-order valence-corrected chi connectivity index (χ0v) is 11.0. The topological polar surface area (TPSA) is 53.2 Å². The Hall–Kier alpha value is -1.58. The quantitative estimate of drug-likeness (QED) is 0.836. The molecule has 0 radical (unpaired) electrons. The highest BCUT2D eigenvalue weighted by atomic mass is 16.2. The van der Waals surface area contributed by atoms with E-state index >= 15 is 0 Å². The maximum absolute atomic E-state index is 12.3. The fraction of sp³-hybridized carbons (Fsp3) is 0.571. The van der Waals surface area contributed by atoms with E-state index in [4.69, 9.17) is 0 Å². The number of nitrogens with one attached hydrogen (secondary N) is 1. The van der Waals surface area contributed by atoms with Crippen LogP contribution in [-0.2, 0) is 0 Å². The molecule has 0 spiro atoms. The first-order chi connectivity index (χ1) is 8.59. The van der Waals surface area contributed by atoms with Gasteiger partial charge in [-0.15, -0.1) is 0 Å². The summed E-state index contributed by atoms with van der Waals surface area (Å²) in [5, 5.41) is 0. The van der Waals surface area contributed by atoms with Crippen LogP contribution >= 0.6 is 0 Å². The molecule has 4 nitrogen and oxygen atoms in total. The smallest absolute Gasteiger partial charge is 0.270 e. The van der Waals surface area contributed by atoms with Crippen LogP contribution < -0.4 is 0 Å². The van der Waals surface area contributed by atoms with Crippen molar-refractivity contribution in [2.24, 2.45) is 0 Å². The summed E-state index contributed by atoms with van der Waals surface area (Å²) in [5.74, 6) is -0.0660. The van der Waals surface area contributed by atoms with Crippen molar-refractivity contribution >= 4 is 11.7 Å². The Kier molecular flexibility index (Phi) is 3.84. The van der Waals surface area contributed by atoms with Crippen LogP contribution in [0.3, 0.4) is 0 Å². The number of nitrogens with zero attached hydrogens (tertiary/aromatic N) is 1. The minimum atomic E-state index is -0.0469. The third kappa shape index (κ3) is 2.63. The number of amides is 1. The molecule has 0 unspecified atom stereocenters. The summed E-state index contributed by atoms with van der Waals surface area (Å²) in [6.07, 6.45) is 5.85. The molecule has 1 heterocycles. The first kappa shape index (κ1) is 12.9. The molecule has 1 fully saturated rings. The van der Waals surface area contributed by atoms with Gasteiger partial charge in [0.15, 0.2) is 5.78 Å². The normalized spacial score (nSPS) is 16.6. The van der Waals surface area contributed by atoms with Crippen molar-refractivity contribution < 1.29 is 9.59 Å². The molecule has 18 heavy (non-hydrogen) atoms. The van der Waals surface area contributed by atoms with Gasteiger partial charge in [0.2, 0.25) is 0 Å². The molecule has 1 aliphatic rings. The Morgan fingerprint density at radius 2 is 1.78 bits per heavy atom. The number of H-pyrrole nitrogens is 1. The molecule has 98 valence electrons. The summed E-state index contributed by atoms with van der Waals surface area (Å²) in [5.41, 5.74) is 1.00. The number of rotatable bonds is 3. The number of hydrogen-bond donors (Lipinski definition) is 1. The van der Waals surface area contributed by atoms with E-state index < -0.39 is 0 Å². The Balaban J connectivity index is 2.07. The summed E-state index contributed by atoms with van der Waals surface area (Å²) in [6, 6.07) is 3.71. The van der Waals surface area contributed by atoms with Gasteiger partial charge in [-0.3, -0.25) is 9.59 Å². The van der Waals surface area contributed by atoms with Gasteiger partial charge in [0.05, 0.1) is 5.69 Å². The van der Waals surface area contributed by atoms with E-state index in [1.165, 1.54) is 26.2 Å². The molecule has 0 aliphatic heterocycles. The Morgan fingerprint density at radius 3 is 2.33 bits per heavy atom. The standard InChI is InChI=1S/C14H20N2O2/c1-10(17)12-8-9-13(15-12)14(18)16(2)11-6-4-3-5-7-11/h8-9,11,15H,3-7H2,1-2H3. The molecule has 0 saturated heterocycles. The summed E-state index contributed by atoms with van der Waals surface area (Å²) >= 11 is 0. The average Bonchev–Trinajstić information content (AvgIpc) is 2.88. The van der Waals surface area contributed by atoms with Gasteiger partial charge in [0, 0.05) is 20.0 Å². The lowest BCUT2D eigenvalue weighted by molar-refractivity contribution is 0.0691. The van der Waals surface area contributed by atoms with E-state index in [9.17, 15) is 9.59 Å². The maximum Gasteiger partial charge on any atom is 0.270 e. The van der Waals surface area contributed by atoms with Crippen LogP contribution in [0.4, 0.5) is 0 Å². The molecule has 1 N–H and O–H groups in total. The average molecular weight is 248 g/mol. The third-order valence-electron chi connectivity index (χ3n) is 3.74. The van der Waals surface area contributed by atoms with Crippen LogP contribution in [-0.4, -0.2) is 34.7 Å². The van der Waals surface area contributed by atoms with Crippen molar-refractivity contribution in [1.82, 2.24) is 9.88 Å². The molecule has 4 heteroatoms. The Bertz CT molecular complexity index is 444. The van der Waals surface area contributed by atoms with E-state index in [1.54, 1.807) is 12.1 Å². The Morgan fingerprint density at radius 1 is 1.17 bits per heavy atom. The largest absolute Gasteiger partial charge is 0.348 e. The zero-order valence-electron chi connectivity index (χ0n) is 11.0. The summed E-state index contributed by atoms with van der Waals surface area (Å²) in [6.45, 7) is 1.49. The van der Waals surface area contributed by atoms with Gasteiger partial charge < -0.3 is 9.88 Å². The van der Waals surface area contributed by atoms with Gasteiger partial charge in [-0.2, -0.15) is 0 Å². The van der Waals surface area contributed by atoms with Gasteiger partial charge in [-0.25, -0.2) is 0 Å². The first-order valence-corrected chi connectivity index (χ1v) is 6.56. The van der Waals surface area contributed by atoms with Crippen molar-refractivity contribution in [1.29, 1.82) is 0 Å². The number of carbonyl (C=O) groups excluding carboxylic acids is 2. The zero-order chi connectivity index (χ0) is 13.1. The maximum atomic E-state index is 12.3. The molecule has 1 aliphatic carbocycles. The Labute approximate surface area is 107 Å². The van der Waals surface area contributed by atoms with Crippen LogP contribution in [0.15, 0.2) is 12.1 Å². The second-order valence-corrected chi connectivity index (χ2v) is 5.05. The highest BCUT2D eigenvalue weighted by Crippen LogP contribution is 2.22. The van der Waals surface area contributed by atoms with Gasteiger partial charge in [0.25, 0.3) is 5.91 Å². The number of ketones is 1. The van der Waals surface area contributed by atoms with E-state index in [0.717, 1.165) is 12.8 Å². The molecule has 1 amide bonds. The lowest BCUT2D eigenvalue weighted by Crippen LogP contribution is -2.38. The van der Waals surface area contributed by atoms with Gasteiger partial charge in [-0.1, -0.05) is 19.3 Å². The predicted molar refractivity (Wildman–Crippen MR) is 69.8 cm³/mol. The van der Waals surface area contributed by atoms with Crippen molar-refractivity contribution in [3.05, 3.63) is 23.5 Å². The molecular formula is C14H20N2O2. The van der Waals surface area contributed by atoms with Gasteiger partial charge in [0.1, 0.15) is 5.69 Å². The van der Waals surface area contributed by atoms with Gasteiger partial charge >= 0.3 is 0 Å². The number of Topliss-reactive ketones (excluding diaryl/α,β-unsaturated/α-hetero) is 1. The van der Waals surface area contributed by atoms with E-state index in [2.05, 4.69) is 4.98 Å². The highest BCUT2D eigenvalue weighted by Gasteiger charge is 2.23. The monoisotopic (exact) mass is 248 g/mol. The molecule has 0 aromatic carbocycles. The minimum Gasteiger partial charge on any atom is -0.348 e. The van der Waals surface area contributed by atoms with E-state index in [1.807, 2.05) is 11.9 Å². The highest BCUT2D eigenvalue weighted by molar-refractivity contribution is 5.97. The van der Waals surface area contributed by atoms with Crippen molar-refractivity contribution in [2.45, 2.75) is 45.1 Å². The molecular weight excluding hydrogens is 228 g/mol. The number of aromatic amines is 1. The summed E-state index contributed by atoms with van der Waals surface area (Å²) in [7, 11) is 1.85. The lowest BCUT2D eigenvalue weighted by Gasteiger charge is -2.30. The van der Waals surface area contributed by atoms with Crippen LogP contribution in [0.2, 0.25) is 0 Å². The van der Waals surface area contributed by atoms with Crippen molar-refractivity contribution in [3.63, 3.8) is 0 Å². The van der Waals surface area contributed by atoms with Crippen LogP contribution in [0.25, 0.3) is 0 Å².